The first-order chi connectivity index (χ1) is 12.7. The number of nitrogens with one attached hydrogen (secondary N) is 1. The Bertz CT molecular complexity index is 952. The first-order valence-electron chi connectivity index (χ1n) is 9.62. The molecule has 1 N–H and O–H groups in total. The highest BCUT2D eigenvalue weighted by molar-refractivity contribution is 5.93. The Balaban J connectivity index is 1.70. The fourth-order valence-electron chi connectivity index (χ4n) is 4.42. The average molecular weight is 369 g/mol. The van der Waals surface area contributed by atoms with Gasteiger partial charge in [-0.3, -0.25) is 14.3 Å². The summed E-state index contributed by atoms with van der Waals surface area (Å²) in [5.74, 6) is 0.736. The van der Waals surface area contributed by atoms with Crippen LogP contribution in [0, 0.1) is 0 Å². The van der Waals surface area contributed by atoms with Gasteiger partial charge in [-0.1, -0.05) is 20.8 Å². The number of carbonyl (C=O) groups excluding carboxylic acids is 1. The number of carbonyl (C=O) groups is 1. The van der Waals surface area contributed by atoms with Crippen molar-refractivity contribution in [1.29, 1.82) is 0 Å². The quantitative estimate of drug-likeness (QED) is 0.832. The van der Waals surface area contributed by atoms with Crippen molar-refractivity contribution in [2.24, 2.45) is 7.05 Å². The molecule has 27 heavy (non-hydrogen) atoms. The molecule has 7 nitrogen and oxygen atoms in total. The van der Waals surface area contributed by atoms with Crippen LogP contribution in [0.15, 0.2) is 17.2 Å². The number of hydrogen-bond donors (Lipinski definition) is 1. The van der Waals surface area contributed by atoms with Crippen molar-refractivity contribution < 1.29 is 4.79 Å². The monoisotopic (exact) mass is 369 g/mol. The van der Waals surface area contributed by atoms with Gasteiger partial charge in [0.05, 0.1) is 17.5 Å². The van der Waals surface area contributed by atoms with Crippen LogP contribution in [0.2, 0.25) is 0 Å². The molecular formula is C20H27N5O2. The van der Waals surface area contributed by atoms with Crippen molar-refractivity contribution in [3.63, 3.8) is 0 Å². The maximum Gasteiger partial charge on any atom is 0.257 e. The lowest BCUT2D eigenvalue weighted by atomic mass is 9.77. The molecule has 0 saturated carbocycles. The minimum atomic E-state index is -0.224. The maximum absolute atomic E-state index is 12.9. The van der Waals surface area contributed by atoms with E-state index >= 15 is 0 Å². The zero-order chi connectivity index (χ0) is 19.4. The van der Waals surface area contributed by atoms with Gasteiger partial charge in [-0.2, -0.15) is 5.10 Å². The Labute approximate surface area is 158 Å². The Hall–Kier alpha value is -2.44. The number of nitrogens with zero attached hydrogens (tertiary/aromatic N) is 4. The number of likely N-dealkylation sites (tertiary alicyclic amines) is 1. The zero-order valence-corrected chi connectivity index (χ0v) is 16.5. The summed E-state index contributed by atoms with van der Waals surface area (Å²) in [5.41, 5.74) is 1.88. The third-order valence-electron chi connectivity index (χ3n) is 5.90. The van der Waals surface area contributed by atoms with Gasteiger partial charge in [-0.15, -0.1) is 0 Å². The van der Waals surface area contributed by atoms with E-state index in [2.05, 4.69) is 30.9 Å². The van der Waals surface area contributed by atoms with Crippen molar-refractivity contribution in [3.05, 3.63) is 45.4 Å². The van der Waals surface area contributed by atoms with E-state index in [0.717, 1.165) is 49.3 Å². The third kappa shape index (κ3) is 2.99. The van der Waals surface area contributed by atoms with E-state index in [4.69, 9.17) is 4.98 Å². The molecule has 144 valence electrons. The lowest BCUT2D eigenvalue weighted by Crippen LogP contribution is -2.48. The van der Waals surface area contributed by atoms with E-state index in [1.54, 1.807) is 17.1 Å². The number of rotatable bonds is 1. The van der Waals surface area contributed by atoms with E-state index in [0.29, 0.717) is 12.1 Å². The summed E-state index contributed by atoms with van der Waals surface area (Å²) in [7, 11) is 1.81. The highest BCUT2D eigenvalue weighted by Gasteiger charge is 2.46. The van der Waals surface area contributed by atoms with Crippen LogP contribution in [0.5, 0.6) is 0 Å². The van der Waals surface area contributed by atoms with Gasteiger partial charge in [0.1, 0.15) is 5.82 Å². The van der Waals surface area contributed by atoms with Gasteiger partial charge in [0, 0.05) is 42.7 Å². The number of hydrogen-bond acceptors (Lipinski definition) is 4. The van der Waals surface area contributed by atoms with Gasteiger partial charge in [0.25, 0.3) is 11.5 Å². The number of aromatic nitrogens is 4. The molecule has 0 bridgehead atoms. The van der Waals surface area contributed by atoms with Gasteiger partial charge < -0.3 is 9.88 Å². The lowest BCUT2D eigenvalue weighted by Gasteiger charge is -2.40. The topological polar surface area (TPSA) is 83.9 Å². The summed E-state index contributed by atoms with van der Waals surface area (Å²) in [6, 6.07) is 0. The Morgan fingerprint density at radius 3 is 2.74 bits per heavy atom. The van der Waals surface area contributed by atoms with Crippen LogP contribution in [0.25, 0.3) is 0 Å². The van der Waals surface area contributed by atoms with Crippen molar-refractivity contribution in [3.8, 4) is 0 Å². The smallest absolute Gasteiger partial charge is 0.257 e. The summed E-state index contributed by atoms with van der Waals surface area (Å²) in [6.45, 7) is 7.52. The number of aromatic amines is 1. The maximum atomic E-state index is 12.9. The molecule has 2 aliphatic rings. The molecular weight excluding hydrogens is 342 g/mol. The largest absolute Gasteiger partial charge is 0.338 e. The van der Waals surface area contributed by atoms with Crippen LogP contribution in [0.3, 0.4) is 0 Å². The van der Waals surface area contributed by atoms with Crippen molar-refractivity contribution in [2.45, 2.75) is 57.3 Å². The zero-order valence-electron chi connectivity index (χ0n) is 16.5. The fourth-order valence-corrected chi connectivity index (χ4v) is 4.42. The standard InChI is InChI=1S/C20H27N5O2/c1-19(2,3)18-22-15-14(16(26)23-18)6-8-20(15)7-5-9-25(12-20)17(27)13-10-21-24(4)11-13/h10-11H,5-9,12H2,1-4H3,(H,22,23,26). The number of piperidine rings is 1. The van der Waals surface area contributed by atoms with Gasteiger partial charge in [0.2, 0.25) is 0 Å². The first kappa shape index (κ1) is 17.9. The van der Waals surface area contributed by atoms with Crippen LogP contribution in [0.1, 0.15) is 67.5 Å². The lowest BCUT2D eigenvalue weighted by molar-refractivity contribution is 0.0633. The van der Waals surface area contributed by atoms with Crippen molar-refractivity contribution in [1.82, 2.24) is 24.6 Å². The number of fused-ring (bicyclic) bond motifs is 2. The van der Waals surface area contributed by atoms with Crippen LogP contribution < -0.4 is 5.56 Å². The number of aryl methyl sites for hydroxylation is 1. The molecule has 1 unspecified atom stereocenters. The molecule has 1 aliphatic carbocycles. The minimum Gasteiger partial charge on any atom is -0.338 e. The predicted octanol–water partition coefficient (Wildman–Crippen LogP) is 1.92. The molecule has 1 saturated heterocycles. The molecule has 1 aliphatic heterocycles. The van der Waals surface area contributed by atoms with E-state index < -0.39 is 0 Å². The SMILES string of the molecule is Cn1cc(C(=O)N2CCCC3(CCc4c3nc(C(C)(C)C)[nH]c4=O)C2)cn1. The van der Waals surface area contributed by atoms with Crippen molar-refractivity contribution in [2.75, 3.05) is 13.1 Å². The molecule has 4 rings (SSSR count). The molecule has 3 heterocycles. The van der Waals surface area contributed by atoms with Crippen molar-refractivity contribution >= 4 is 5.91 Å². The normalized spacial score (nSPS) is 22.3. The van der Waals surface area contributed by atoms with Crippen LogP contribution in [-0.2, 0) is 24.3 Å². The average Bonchev–Trinajstić information content (AvgIpc) is 3.19. The summed E-state index contributed by atoms with van der Waals surface area (Å²) >= 11 is 0. The van der Waals surface area contributed by atoms with Crippen LogP contribution in [0.4, 0.5) is 0 Å². The molecule has 1 atom stereocenters. The van der Waals surface area contributed by atoms with E-state index in [9.17, 15) is 9.59 Å². The van der Waals surface area contributed by atoms with Gasteiger partial charge in [-0.05, 0) is 25.7 Å². The number of amides is 1. The molecule has 1 amide bonds. The summed E-state index contributed by atoms with van der Waals surface area (Å²) in [6.07, 6.45) is 6.88. The second-order valence-corrected chi connectivity index (χ2v) is 9.00. The number of H-pyrrole nitrogens is 1. The summed E-state index contributed by atoms with van der Waals surface area (Å²) in [4.78, 5) is 35.4. The Kier molecular flexibility index (Phi) is 4.01. The Morgan fingerprint density at radius 2 is 2.07 bits per heavy atom. The molecule has 1 spiro atoms. The minimum absolute atomic E-state index is 0.0107. The van der Waals surface area contributed by atoms with Gasteiger partial charge in [0.15, 0.2) is 0 Å². The second kappa shape index (κ2) is 6.04. The predicted molar refractivity (Wildman–Crippen MR) is 102 cm³/mol. The van der Waals surface area contributed by atoms with E-state index in [1.807, 2.05) is 11.9 Å². The summed E-state index contributed by atoms with van der Waals surface area (Å²) in [5, 5.41) is 4.12. The van der Waals surface area contributed by atoms with Gasteiger partial charge in [-0.25, -0.2) is 4.98 Å². The fraction of sp³-hybridized carbons (Fsp3) is 0.600. The molecule has 0 radical (unpaired) electrons. The van der Waals surface area contributed by atoms with E-state index in [1.165, 1.54) is 0 Å². The highest BCUT2D eigenvalue weighted by atomic mass is 16.2. The molecule has 1 fully saturated rings. The Morgan fingerprint density at radius 1 is 1.30 bits per heavy atom. The van der Waals surface area contributed by atoms with Gasteiger partial charge >= 0.3 is 0 Å². The van der Waals surface area contributed by atoms with E-state index in [-0.39, 0.29) is 22.3 Å². The third-order valence-corrected chi connectivity index (χ3v) is 5.90. The second-order valence-electron chi connectivity index (χ2n) is 9.00. The molecule has 2 aromatic heterocycles. The highest BCUT2D eigenvalue weighted by Crippen LogP contribution is 2.43. The van der Waals surface area contributed by atoms with Crippen LogP contribution in [-0.4, -0.2) is 43.6 Å². The molecule has 0 aromatic carbocycles. The molecule has 7 heteroatoms. The summed E-state index contributed by atoms with van der Waals surface area (Å²) < 4.78 is 1.65. The molecule has 2 aromatic rings. The van der Waals surface area contributed by atoms with Crippen LogP contribution >= 0.6 is 0 Å². The first-order valence-corrected chi connectivity index (χ1v) is 9.62.